The number of aryl methyl sites for hydroxylation is 1. The van der Waals surface area contributed by atoms with Crippen molar-refractivity contribution in [3.8, 4) is 22.6 Å². The van der Waals surface area contributed by atoms with Crippen molar-refractivity contribution < 1.29 is 28.2 Å². The monoisotopic (exact) mass is 628 g/mol. The van der Waals surface area contributed by atoms with Gasteiger partial charge in [-0.2, -0.15) is 0 Å². The van der Waals surface area contributed by atoms with Crippen LogP contribution in [0.4, 0.5) is 4.39 Å². The van der Waals surface area contributed by atoms with Gasteiger partial charge in [0, 0.05) is 61.4 Å². The van der Waals surface area contributed by atoms with Crippen molar-refractivity contribution in [1.29, 1.82) is 0 Å². The fourth-order valence-electron chi connectivity index (χ4n) is 5.57. The topological polar surface area (TPSA) is 110 Å². The van der Waals surface area contributed by atoms with E-state index in [0.717, 1.165) is 18.4 Å². The number of carbonyl (C=O) groups is 3. The highest BCUT2D eigenvalue weighted by Gasteiger charge is 2.34. The number of carbonyl (C=O) groups excluding carboxylic acids is 3. The first kappa shape index (κ1) is 30.3. The minimum Gasteiger partial charge on any atom is -0.488 e. The average molecular weight is 629 g/mol. The summed E-state index contributed by atoms with van der Waals surface area (Å²) in [6, 6.07) is 16.7. The van der Waals surface area contributed by atoms with Crippen molar-refractivity contribution in [2.45, 2.75) is 44.4 Å². The van der Waals surface area contributed by atoms with Gasteiger partial charge in [0.25, 0.3) is 11.8 Å². The van der Waals surface area contributed by atoms with Crippen molar-refractivity contribution in [1.82, 2.24) is 20.5 Å². The van der Waals surface area contributed by atoms with Crippen LogP contribution in [-0.2, 0) is 22.6 Å². The van der Waals surface area contributed by atoms with E-state index in [4.69, 9.17) is 9.47 Å². The first-order valence-electron chi connectivity index (χ1n) is 14.9. The molecule has 2 atom stereocenters. The van der Waals surface area contributed by atoms with Gasteiger partial charge in [-0.25, -0.2) is 4.39 Å². The van der Waals surface area contributed by atoms with E-state index in [9.17, 15) is 18.8 Å². The van der Waals surface area contributed by atoms with Crippen molar-refractivity contribution in [2.75, 3.05) is 19.7 Å². The van der Waals surface area contributed by atoms with Crippen LogP contribution in [0.5, 0.6) is 11.5 Å². The molecule has 2 aromatic carbocycles. The highest BCUT2D eigenvalue weighted by atomic mass is 32.1. The summed E-state index contributed by atoms with van der Waals surface area (Å²) in [4.78, 5) is 46.6. The van der Waals surface area contributed by atoms with Gasteiger partial charge in [-0.1, -0.05) is 18.2 Å². The van der Waals surface area contributed by atoms with Gasteiger partial charge < -0.3 is 25.0 Å². The third-order valence-corrected chi connectivity index (χ3v) is 8.79. The Morgan fingerprint density at radius 3 is 2.78 bits per heavy atom. The second-order valence-corrected chi connectivity index (χ2v) is 12.2. The fourth-order valence-corrected chi connectivity index (χ4v) is 6.32. The molecule has 11 heteroatoms. The molecule has 3 amide bonds. The summed E-state index contributed by atoms with van der Waals surface area (Å²) >= 11 is 1.68. The van der Waals surface area contributed by atoms with Crippen molar-refractivity contribution in [3.63, 3.8) is 0 Å². The molecule has 2 aromatic heterocycles. The molecular formula is C34H33FN4O5S. The molecular weight excluding hydrogens is 595 g/mol. The zero-order valence-electron chi connectivity index (χ0n) is 24.5. The molecule has 6 bridgehead atoms. The molecule has 9 nitrogen and oxygen atoms in total. The smallest absolute Gasteiger partial charge is 0.258 e. The van der Waals surface area contributed by atoms with Crippen LogP contribution in [-0.4, -0.2) is 59.4 Å². The lowest BCUT2D eigenvalue weighted by Crippen LogP contribution is -2.58. The summed E-state index contributed by atoms with van der Waals surface area (Å²) < 4.78 is 26.6. The Bertz CT molecular complexity index is 1680. The molecule has 0 saturated carbocycles. The zero-order valence-corrected chi connectivity index (χ0v) is 25.4. The second-order valence-electron chi connectivity index (χ2n) is 11.1. The number of hydrogen-bond acceptors (Lipinski definition) is 7. The molecule has 2 aliphatic heterocycles. The number of hydrogen-bond donors (Lipinski definition) is 2. The van der Waals surface area contributed by atoms with E-state index >= 15 is 0 Å². The van der Waals surface area contributed by atoms with E-state index in [1.165, 1.54) is 23.2 Å². The summed E-state index contributed by atoms with van der Waals surface area (Å²) in [5, 5.41) is 7.85. The third kappa shape index (κ3) is 7.85. The molecule has 2 N–H and O–H groups in total. The molecule has 232 valence electrons. The van der Waals surface area contributed by atoms with Gasteiger partial charge in [0.15, 0.2) is 6.61 Å². The summed E-state index contributed by atoms with van der Waals surface area (Å²) in [7, 11) is 0. The Kier molecular flexibility index (Phi) is 9.35. The van der Waals surface area contributed by atoms with Crippen LogP contribution in [0.15, 0.2) is 78.4 Å². The summed E-state index contributed by atoms with van der Waals surface area (Å²) in [6.07, 6.45) is 5.01. The predicted octanol–water partition coefficient (Wildman–Crippen LogP) is 4.76. The van der Waals surface area contributed by atoms with Crippen molar-refractivity contribution >= 4 is 29.1 Å². The molecule has 0 spiro atoms. The van der Waals surface area contributed by atoms with Crippen LogP contribution < -0.4 is 20.1 Å². The fraction of sp³-hybridized carbons (Fsp3) is 0.294. The van der Waals surface area contributed by atoms with Gasteiger partial charge in [-0.15, -0.1) is 11.3 Å². The van der Waals surface area contributed by atoms with Crippen LogP contribution in [0.2, 0.25) is 0 Å². The molecule has 2 aliphatic rings. The highest BCUT2D eigenvalue weighted by Crippen LogP contribution is 2.26. The van der Waals surface area contributed by atoms with Crippen molar-refractivity contribution in [2.24, 2.45) is 0 Å². The largest absolute Gasteiger partial charge is 0.488 e. The Hall–Kier alpha value is -4.77. The normalized spacial score (nSPS) is 18.6. The van der Waals surface area contributed by atoms with Crippen LogP contribution in [0.3, 0.4) is 0 Å². The number of halogens is 1. The van der Waals surface area contributed by atoms with E-state index in [1.807, 2.05) is 17.5 Å². The second kappa shape index (κ2) is 13.9. The number of thiophene rings is 1. The molecule has 0 aliphatic carbocycles. The van der Waals surface area contributed by atoms with E-state index < -0.39 is 18.0 Å². The summed E-state index contributed by atoms with van der Waals surface area (Å²) in [6.45, 7) is 0.543. The van der Waals surface area contributed by atoms with Gasteiger partial charge >= 0.3 is 0 Å². The van der Waals surface area contributed by atoms with Gasteiger partial charge in [0.1, 0.15) is 23.4 Å². The minimum absolute atomic E-state index is 0.0179. The standard InChI is InChI=1S/C34H33FN4O5S/c35-26-12-22-13-28(16-26)44-31-9-10-39(33(41)8-2-6-29-7-3-11-45-29)20-30(31)38-34(42)25-14-24(18-36-19-25)23-4-1-5-27(15-23)43-21-32(40)37-17-22/h1,3-5,7,11-16,18-19,30-31H,2,6,8-10,17,20-21H2,(H,37,40)(H,38,42)/t30-,31+/m1/s1. The molecule has 4 heterocycles. The maximum Gasteiger partial charge on any atom is 0.258 e. The van der Waals surface area contributed by atoms with Crippen LogP contribution in [0.1, 0.15) is 40.1 Å². The van der Waals surface area contributed by atoms with Gasteiger partial charge in [0.2, 0.25) is 5.91 Å². The maximum atomic E-state index is 14.7. The molecule has 0 unspecified atom stereocenters. The number of nitrogens with one attached hydrogen (secondary N) is 2. The number of rotatable bonds is 4. The number of amides is 3. The van der Waals surface area contributed by atoms with Gasteiger partial charge in [0.05, 0.1) is 11.6 Å². The molecule has 45 heavy (non-hydrogen) atoms. The van der Waals surface area contributed by atoms with Crippen LogP contribution in [0, 0.1) is 5.82 Å². The maximum absolute atomic E-state index is 14.7. The predicted molar refractivity (Wildman–Crippen MR) is 168 cm³/mol. The highest BCUT2D eigenvalue weighted by molar-refractivity contribution is 7.09. The Labute approximate surface area is 264 Å². The van der Waals surface area contributed by atoms with Gasteiger partial charge in [-0.3, -0.25) is 19.4 Å². The SMILES string of the molecule is O=C1COc2cccc(c2)-c2cncc(c2)C(=O)N[C@@H]2CN(C(=O)CCCc3cccs3)CC[C@@H]2Oc2cc(F)cc(c2)CN1. The number of pyridine rings is 1. The Morgan fingerprint density at radius 1 is 1.02 bits per heavy atom. The summed E-state index contributed by atoms with van der Waals surface area (Å²) in [5.41, 5.74) is 2.31. The number of aromatic nitrogens is 1. The molecule has 1 fully saturated rings. The van der Waals surface area contributed by atoms with E-state index in [1.54, 1.807) is 52.8 Å². The van der Waals surface area contributed by atoms with Crippen LogP contribution in [0.25, 0.3) is 11.1 Å². The lowest BCUT2D eigenvalue weighted by Gasteiger charge is -2.39. The number of nitrogens with zero attached hydrogens (tertiary/aromatic N) is 2. The van der Waals surface area contributed by atoms with E-state index in [0.29, 0.717) is 41.8 Å². The molecule has 1 saturated heterocycles. The third-order valence-electron chi connectivity index (χ3n) is 7.86. The first-order chi connectivity index (χ1) is 21.9. The van der Waals surface area contributed by atoms with Gasteiger partial charge in [-0.05, 0) is 65.7 Å². The van der Waals surface area contributed by atoms with Crippen molar-refractivity contribution in [3.05, 3.63) is 100 Å². The summed E-state index contributed by atoms with van der Waals surface area (Å²) in [5.74, 6) is -0.483. The Morgan fingerprint density at radius 2 is 1.91 bits per heavy atom. The zero-order chi connectivity index (χ0) is 31.2. The molecule has 4 aromatic rings. The quantitative estimate of drug-likeness (QED) is 0.338. The average Bonchev–Trinajstić information content (AvgIpc) is 3.57. The van der Waals surface area contributed by atoms with E-state index in [-0.39, 0.29) is 43.2 Å². The van der Waals surface area contributed by atoms with Crippen LogP contribution >= 0.6 is 11.3 Å². The van der Waals surface area contributed by atoms with E-state index in [2.05, 4.69) is 21.7 Å². The number of fused-ring (bicyclic) bond motifs is 8. The lowest BCUT2D eigenvalue weighted by atomic mass is 10.00. The molecule has 6 rings (SSSR count). The molecule has 0 radical (unpaired) electrons. The number of benzene rings is 2. The first-order valence-corrected chi connectivity index (χ1v) is 15.8. The number of likely N-dealkylation sites (tertiary alicyclic amines) is 1. The Balaban J connectivity index is 1.26. The minimum atomic E-state index is -0.568. The lowest BCUT2D eigenvalue weighted by molar-refractivity contribution is -0.133. The number of ether oxygens (including phenoxy) is 2. The number of piperidine rings is 1.